The molecule has 9 rings (SSSR count). The van der Waals surface area contributed by atoms with E-state index in [-0.39, 0.29) is 27.9 Å². The number of allylic oxidation sites excluding steroid dienone is 8. The minimum absolute atomic E-state index is 0.0431. The predicted molar refractivity (Wildman–Crippen MR) is 165 cm³/mol. The second-order valence-corrected chi connectivity index (χ2v) is 10.4. The molecule has 0 spiro atoms. The third kappa shape index (κ3) is 2.96. The number of aromatic nitrogens is 4. The van der Waals surface area contributed by atoms with Crippen LogP contribution in [-0.2, 0) is 0 Å². The van der Waals surface area contributed by atoms with Gasteiger partial charge in [0.25, 0.3) is 0 Å². The molecule has 0 saturated carbocycles. The zero-order chi connectivity index (χ0) is 26.2. The molecule has 0 aliphatic carbocycles. The number of rotatable bonds is 1. The molecular weight excluding hydrogens is 492 g/mol. The molecule has 1 fully saturated rings. The summed E-state index contributed by atoms with van der Waals surface area (Å²) in [5.74, 6) is 10.0. The Bertz CT molecular complexity index is 1920. The molecule has 4 aromatic rings. The van der Waals surface area contributed by atoms with E-state index in [9.17, 15) is 0 Å². The summed E-state index contributed by atoms with van der Waals surface area (Å²) < 4.78 is 14.1. The summed E-state index contributed by atoms with van der Waals surface area (Å²) in [5, 5.41) is 0. The second-order valence-electron chi connectivity index (χ2n) is 10.4. The number of nitrogens with zero attached hydrogens (tertiary/aromatic N) is 8. The second kappa shape index (κ2) is 8.26. The lowest BCUT2D eigenvalue weighted by molar-refractivity contribution is 0.622. The van der Waals surface area contributed by atoms with Gasteiger partial charge in [-0.25, -0.2) is 9.97 Å². The van der Waals surface area contributed by atoms with Crippen LogP contribution < -0.4 is 0 Å². The predicted octanol–water partition coefficient (Wildman–Crippen LogP) is 3.79. The van der Waals surface area contributed by atoms with E-state index in [0.717, 1.165) is 33.7 Å². The molecule has 186 valence electrons. The van der Waals surface area contributed by atoms with Crippen molar-refractivity contribution < 1.29 is 0 Å². The van der Waals surface area contributed by atoms with Crippen LogP contribution in [0.5, 0.6) is 0 Å². The van der Waals surface area contributed by atoms with Crippen molar-refractivity contribution in [1.82, 2.24) is 37.8 Å². The number of pyridine rings is 1. The molecule has 12 heteroatoms. The van der Waals surface area contributed by atoms with Crippen molar-refractivity contribution in [1.29, 1.82) is 0 Å². The van der Waals surface area contributed by atoms with Crippen LogP contribution in [0.3, 0.4) is 0 Å². The maximum absolute atomic E-state index is 5.07. The van der Waals surface area contributed by atoms with E-state index in [2.05, 4.69) is 143 Å². The van der Waals surface area contributed by atoms with E-state index in [1.807, 2.05) is 18.3 Å². The van der Waals surface area contributed by atoms with Crippen molar-refractivity contribution in [3.63, 3.8) is 0 Å². The van der Waals surface area contributed by atoms with E-state index < -0.39 is 0 Å². The molecule has 5 aliphatic rings. The van der Waals surface area contributed by atoms with Gasteiger partial charge in [0.05, 0.1) is 16.6 Å². The van der Waals surface area contributed by atoms with Crippen LogP contribution in [0.1, 0.15) is 0 Å². The quantitative estimate of drug-likeness (QED) is 0.361. The Balaban J connectivity index is 1.26. The third-order valence-corrected chi connectivity index (χ3v) is 8.36. The third-order valence-electron chi connectivity index (χ3n) is 8.36. The lowest BCUT2D eigenvalue weighted by Crippen LogP contribution is -2.73. The molecule has 8 heterocycles. The Morgan fingerprint density at radius 3 is 1.95 bits per heavy atom. The first kappa shape index (κ1) is 21.9. The Morgan fingerprint density at radius 1 is 0.600 bits per heavy atom. The van der Waals surface area contributed by atoms with Crippen LogP contribution in [0.2, 0.25) is 0 Å². The molecule has 0 atom stereocenters. The Morgan fingerprint density at radius 2 is 1.23 bits per heavy atom. The SMILES string of the molecule is C1=CB2N(C=C1)B1C=CC=CN1B1C=C(n3c4ncccc4n4c5ccccc5nc34)C=CN1B1C=CC=CN21. The van der Waals surface area contributed by atoms with Crippen LogP contribution in [0.15, 0.2) is 134 Å². The lowest BCUT2D eigenvalue weighted by atomic mass is 9.42. The largest absolute Gasteiger partial charge is 0.423 e. The maximum Gasteiger partial charge on any atom is 0.382 e. The van der Waals surface area contributed by atoms with E-state index in [1.54, 1.807) is 0 Å². The van der Waals surface area contributed by atoms with Gasteiger partial charge in [-0.1, -0.05) is 48.3 Å². The number of hydrogen-bond acceptors (Lipinski definition) is 6. The molecule has 0 radical (unpaired) electrons. The summed E-state index contributed by atoms with van der Waals surface area (Å²) in [6, 6.07) is 12.4. The van der Waals surface area contributed by atoms with Gasteiger partial charge in [0.1, 0.15) is 0 Å². The van der Waals surface area contributed by atoms with Gasteiger partial charge in [-0.3, -0.25) is 8.97 Å². The highest BCUT2D eigenvalue weighted by atomic mass is 15.3. The summed E-state index contributed by atoms with van der Waals surface area (Å²) in [6.45, 7) is 0.123. The molecule has 1 saturated heterocycles. The fraction of sp³-hybridized carbons (Fsp3) is 0. The molecule has 8 nitrogen and oxygen atoms in total. The normalized spacial score (nSPS) is 19.1. The molecule has 1 aromatic carbocycles. The van der Waals surface area contributed by atoms with Gasteiger partial charge in [0, 0.05) is 11.9 Å². The molecule has 0 unspecified atom stereocenters. The minimum Gasteiger partial charge on any atom is -0.423 e. The summed E-state index contributed by atoms with van der Waals surface area (Å²) in [6.07, 6.45) is 25.7. The average molecular weight is 514 g/mol. The van der Waals surface area contributed by atoms with Gasteiger partial charge in [0.2, 0.25) is 5.78 Å². The molecule has 40 heavy (non-hydrogen) atoms. The van der Waals surface area contributed by atoms with Crippen LogP contribution >= 0.6 is 0 Å². The average Bonchev–Trinajstić information content (AvgIpc) is 3.55. The standard InChI is InChI=1S/C28H22B4N8/c1-2-11-25-24(10-1)34-28-39(27-26(40(25)28)12-9-17-33-27)23-13-21-38-31-16-4-7-19-36(31)29-14-3-6-18-35(29)30-15-5-8-20-37(30)32(38)22-23/h1-22H. The number of imidazole rings is 2. The Kier molecular flexibility index (Phi) is 4.52. The molecule has 0 bridgehead atoms. The Hall–Kier alpha value is -4.98. The summed E-state index contributed by atoms with van der Waals surface area (Å²) in [7, 11) is 0. The first-order valence-electron chi connectivity index (χ1n) is 13.6. The van der Waals surface area contributed by atoms with Crippen LogP contribution in [0, 0.1) is 0 Å². The van der Waals surface area contributed by atoms with Gasteiger partial charge in [-0.15, -0.1) is 0 Å². The van der Waals surface area contributed by atoms with Gasteiger partial charge in [0.15, 0.2) is 5.65 Å². The number of fused-ring (bicyclic) bond motifs is 13. The van der Waals surface area contributed by atoms with Crippen LogP contribution in [0.25, 0.3) is 33.7 Å². The number of benzene rings is 1. The molecular formula is C28H22B4N8. The van der Waals surface area contributed by atoms with E-state index in [0.29, 0.717) is 0 Å². The van der Waals surface area contributed by atoms with E-state index in [4.69, 9.17) is 9.97 Å². The van der Waals surface area contributed by atoms with Crippen LogP contribution in [0.4, 0.5) is 0 Å². The summed E-state index contributed by atoms with van der Waals surface area (Å²) >= 11 is 0. The van der Waals surface area contributed by atoms with Crippen molar-refractivity contribution in [3.8, 4) is 0 Å². The fourth-order valence-corrected chi connectivity index (χ4v) is 6.64. The highest BCUT2D eigenvalue weighted by Crippen LogP contribution is 2.33. The van der Waals surface area contributed by atoms with Gasteiger partial charge in [-0.2, -0.15) is 0 Å². The highest BCUT2D eigenvalue weighted by molar-refractivity contribution is 6.92. The zero-order valence-electron chi connectivity index (χ0n) is 21.6. The molecule has 3 aromatic heterocycles. The molecule has 0 amide bonds. The zero-order valence-corrected chi connectivity index (χ0v) is 21.6. The topological polar surface area (TPSA) is 48.1 Å². The van der Waals surface area contributed by atoms with E-state index >= 15 is 0 Å². The minimum atomic E-state index is -0.0549. The van der Waals surface area contributed by atoms with Gasteiger partial charge in [-0.05, 0) is 79.3 Å². The van der Waals surface area contributed by atoms with E-state index in [1.165, 1.54) is 0 Å². The van der Waals surface area contributed by atoms with Gasteiger partial charge >= 0.3 is 27.9 Å². The van der Waals surface area contributed by atoms with Crippen LogP contribution in [-0.4, -0.2) is 65.8 Å². The van der Waals surface area contributed by atoms with Crippen molar-refractivity contribution in [2.45, 2.75) is 0 Å². The number of hydrogen-bond donors (Lipinski definition) is 0. The van der Waals surface area contributed by atoms with Gasteiger partial charge < -0.3 is 18.9 Å². The number of para-hydroxylation sites is 2. The Labute approximate surface area is 233 Å². The fourth-order valence-electron chi connectivity index (χ4n) is 6.64. The van der Waals surface area contributed by atoms with Crippen molar-refractivity contribution in [2.75, 3.05) is 0 Å². The van der Waals surface area contributed by atoms with Crippen molar-refractivity contribution >= 4 is 61.6 Å². The first-order valence-corrected chi connectivity index (χ1v) is 13.6. The highest BCUT2D eigenvalue weighted by Gasteiger charge is 2.50. The van der Waals surface area contributed by atoms with Crippen molar-refractivity contribution in [3.05, 3.63) is 134 Å². The first-order chi connectivity index (χ1) is 19.9. The molecule has 0 N–H and O–H groups in total. The maximum atomic E-state index is 5.07. The van der Waals surface area contributed by atoms with Crippen molar-refractivity contribution in [2.24, 2.45) is 0 Å². The monoisotopic (exact) mass is 514 g/mol. The smallest absolute Gasteiger partial charge is 0.382 e. The summed E-state index contributed by atoms with van der Waals surface area (Å²) in [5.41, 5.74) is 5.03. The summed E-state index contributed by atoms with van der Waals surface area (Å²) in [4.78, 5) is 9.90. The lowest BCUT2D eigenvalue weighted by Gasteiger charge is -2.53. The molecule has 5 aliphatic heterocycles.